The lowest BCUT2D eigenvalue weighted by Crippen LogP contribution is -2.41. The molecule has 0 bridgehead atoms. The van der Waals surface area contributed by atoms with Crippen molar-refractivity contribution in [2.75, 3.05) is 35.3 Å². The number of benzene rings is 1. The lowest BCUT2D eigenvalue weighted by atomic mass is 9.95. The number of hydrogen-bond donors (Lipinski definition) is 3. The van der Waals surface area contributed by atoms with E-state index >= 15 is 0 Å². The van der Waals surface area contributed by atoms with Crippen LogP contribution in [0.25, 0.3) is 0 Å². The molecule has 196 valence electrons. The van der Waals surface area contributed by atoms with E-state index in [-0.39, 0.29) is 43.2 Å². The van der Waals surface area contributed by atoms with Crippen LogP contribution in [0, 0.1) is 0 Å². The number of anilines is 4. The Balaban J connectivity index is 1.44. The van der Waals surface area contributed by atoms with Crippen LogP contribution in [0.2, 0.25) is 0 Å². The minimum atomic E-state index is -4.67. The lowest BCUT2D eigenvalue weighted by molar-refractivity contribution is -0.137. The van der Waals surface area contributed by atoms with Crippen LogP contribution in [0.5, 0.6) is 0 Å². The van der Waals surface area contributed by atoms with Gasteiger partial charge in [-0.25, -0.2) is 13.4 Å². The molecule has 0 spiro atoms. The first kappa shape index (κ1) is 26.1. The third-order valence-electron chi connectivity index (χ3n) is 6.34. The highest BCUT2D eigenvalue weighted by molar-refractivity contribution is 7.88. The summed E-state index contributed by atoms with van der Waals surface area (Å²) in [6, 6.07) is 5.02. The predicted molar refractivity (Wildman–Crippen MR) is 131 cm³/mol. The molecule has 0 radical (unpaired) electrons. The van der Waals surface area contributed by atoms with Gasteiger partial charge in [0.1, 0.15) is 11.4 Å². The molecule has 1 aliphatic carbocycles. The van der Waals surface area contributed by atoms with Gasteiger partial charge in [-0.3, -0.25) is 4.79 Å². The number of halogens is 3. The number of carbonyl (C=O) groups excluding carboxylic acids is 1. The highest BCUT2D eigenvalue weighted by atomic mass is 32.2. The summed E-state index contributed by atoms with van der Waals surface area (Å²) < 4.78 is 66.7. The van der Waals surface area contributed by atoms with Crippen LogP contribution in [0.15, 0.2) is 24.4 Å². The number of alkyl halides is 3. The standard InChI is InChI=1S/C23H29F3N6O3S/c1-36(34,35)32(17-6-3-2-4-7-17)11-5-10-27-21-18(23(24,25)26)14-28-22(31-21)29-16-8-9-19-15(12-16)13-20(33)30-19/h8-9,12,14,17H,2-7,10-11,13H2,1H3,(H,30,33)(H2,27,28,29,31). The van der Waals surface area contributed by atoms with E-state index in [1.807, 2.05) is 0 Å². The molecule has 4 rings (SSSR count). The molecule has 36 heavy (non-hydrogen) atoms. The third kappa shape index (κ3) is 6.44. The Hall–Kier alpha value is -2.93. The van der Waals surface area contributed by atoms with Gasteiger partial charge < -0.3 is 16.0 Å². The first-order valence-corrected chi connectivity index (χ1v) is 13.7. The fraction of sp³-hybridized carbons (Fsp3) is 0.522. The number of fused-ring (bicyclic) bond motifs is 1. The van der Waals surface area contributed by atoms with E-state index < -0.39 is 21.8 Å². The second kappa shape index (κ2) is 10.6. The maximum atomic E-state index is 13.6. The number of sulfonamides is 1. The van der Waals surface area contributed by atoms with Gasteiger partial charge in [0.2, 0.25) is 21.9 Å². The molecule has 9 nitrogen and oxygen atoms in total. The number of nitrogens with zero attached hydrogens (tertiary/aromatic N) is 3. The molecule has 0 atom stereocenters. The van der Waals surface area contributed by atoms with Gasteiger partial charge in [0.25, 0.3) is 0 Å². The van der Waals surface area contributed by atoms with E-state index in [0.29, 0.717) is 24.0 Å². The molecule has 3 N–H and O–H groups in total. The van der Waals surface area contributed by atoms with Crippen LogP contribution in [0.3, 0.4) is 0 Å². The fourth-order valence-electron chi connectivity index (χ4n) is 4.65. The fourth-order valence-corrected chi connectivity index (χ4v) is 5.86. The van der Waals surface area contributed by atoms with E-state index in [0.717, 1.165) is 37.7 Å². The van der Waals surface area contributed by atoms with E-state index in [1.54, 1.807) is 18.2 Å². The molecule has 0 unspecified atom stereocenters. The Labute approximate surface area is 207 Å². The van der Waals surface area contributed by atoms with E-state index in [2.05, 4.69) is 25.9 Å². The summed E-state index contributed by atoms with van der Waals surface area (Å²) >= 11 is 0. The van der Waals surface area contributed by atoms with Gasteiger partial charge in [-0.2, -0.15) is 22.5 Å². The summed E-state index contributed by atoms with van der Waals surface area (Å²) in [5, 5.41) is 8.31. The minimum absolute atomic E-state index is 0.0392. The summed E-state index contributed by atoms with van der Waals surface area (Å²) in [7, 11) is -3.43. The molecule has 1 aromatic carbocycles. The van der Waals surface area contributed by atoms with Gasteiger partial charge in [-0.1, -0.05) is 19.3 Å². The number of carbonyl (C=O) groups is 1. The zero-order valence-electron chi connectivity index (χ0n) is 19.9. The molecule has 1 aromatic heterocycles. The summed E-state index contributed by atoms with van der Waals surface area (Å²) in [6.45, 7) is 0.320. The molecular weight excluding hydrogens is 497 g/mol. The summed E-state index contributed by atoms with van der Waals surface area (Å²) in [6.07, 6.45) is 2.37. The molecule has 1 amide bonds. The SMILES string of the molecule is CS(=O)(=O)N(CCCNc1nc(Nc2ccc3c(c2)CC(=O)N3)ncc1C(F)(F)F)C1CCCCC1. The third-order valence-corrected chi connectivity index (χ3v) is 7.67. The van der Waals surface area contributed by atoms with Crippen LogP contribution in [-0.2, 0) is 27.4 Å². The van der Waals surface area contributed by atoms with Crippen molar-refractivity contribution in [1.29, 1.82) is 0 Å². The molecule has 2 aliphatic rings. The van der Waals surface area contributed by atoms with Crippen molar-refractivity contribution in [3.63, 3.8) is 0 Å². The quantitative estimate of drug-likeness (QED) is 0.421. The van der Waals surface area contributed by atoms with Crippen molar-refractivity contribution in [2.45, 2.75) is 57.2 Å². The molecule has 0 saturated heterocycles. The van der Waals surface area contributed by atoms with Crippen molar-refractivity contribution < 1.29 is 26.4 Å². The van der Waals surface area contributed by atoms with Crippen molar-refractivity contribution in [3.05, 3.63) is 35.5 Å². The van der Waals surface area contributed by atoms with Crippen LogP contribution in [0.1, 0.15) is 49.7 Å². The number of rotatable bonds is 9. The van der Waals surface area contributed by atoms with Crippen LogP contribution >= 0.6 is 0 Å². The van der Waals surface area contributed by atoms with Crippen LogP contribution in [0.4, 0.5) is 36.3 Å². The molecule has 2 heterocycles. The second-order valence-corrected chi connectivity index (χ2v) is 11.1. The monoisotopic (exact) mass is 526 g/mol. The first-order chi connectivity index (χ1) is 17.0. The normalized spacial score (nSPS) is 16.6. The van der Waals surface area contributed by atoms with Crippen molar-refractivity contribution in [1.82, 2.24) is 14.3 Å². The predicted octanol–water partition coefficient (Wildman–Crippen LogP) is 4.13. The topological polar surface area (TPSA) is 116 Å². The van der Waals surface area contributed by atoms with E-state index in [9.17, 15) is 26.4 Å². The molecule has 2 aromatic rings. The van der Waals surface area contributed by atoms with Gasteiger partial charge in [0, 0.05) is 36.7 Å². The zero-order valence-corrected chi connectivity index (χ0v) is 20.7. The summed E-state index contributed by atoms with van der Waals surface area (Å²) in [4.78, 5) is 19.4. The number of nitrogens with one attached hydrogen (secondary N) is 3. The van der Waals surface area contributed by atoms with Crippen LogP contribution < -0.4 is 16.0 Å². The number of amides is 1. The summed E-state index contributed by atoms with van der Waals surface area (Å²) in [5.41, 5.74) is 0.984. The first-order valence-electron chi connectivity index (χ1n) is 11.9. The highest BCUT2D eigenvalue weighted by Crippen LogP contribution is 2.34. The van der Waals surface area contributed by atoms with Crippen molar-refractivity contribution in [3.8, 4) is 0 Å². The average Bonchev–Trinajstić information content (AvgIpc) is 3.17. The molecule has 1 aliphatic heterocycles. The lowest BCUT2D eigenvalue weighted by Gasteiger charge is -2.32. The van der Waals surface area contributed by atoms with Crippen molar-refractivity contribution in [2.24, 2.45) is 0 Å². The molecule has 1 saturated carbocycles. The van der Waals surface area contributed by atoms with Gasteiger partial charge in [-0.15, -0.1) is 0 Å². The maximum Gasteiger partial charge on any atom is 0.421 e. The smallest absolute Gasteiger partial charge is 0.369 e. The van der Waals surface area contributed by atoms with Gasteiger partial charge >= 0.3 is 6.18 Å². The second-order valence-electron chi connectivity index (χ2n) is 9.12. The molecule has 13 heteroatoms. The number of aromatic nitrogens is 2. The van der Waals surface area contributed by atoms with Crippen molar-refractivity contribution >= 4 is 39.1 Å². The maximum absolute atomic E-state index is 13.6. The van der Waals surface area contributed by atoms with E-state index in [4.69, 9.17) is 0 Å². The molecule has 1 fully saturated rings. The number of hydrogen-bond acceptors (Lipinski definition) is 7. The summed E-state index contributed by atoms with van der Waals surface area (Å²) in [5.74, 6) is -0.554. The van der Waals surface area contributed by atoms with Gasteiger partial charge in [0.05, 0.1) is 12.7 Å². The van der Waals surface area contributed by atoms with Gasteiger partial charge in [-0.05, 0) is 43.0 Å². The Morgan fingerprint density at radius 1 is 1.19 bits per heavy atom. The average molecular weight is 527 g/mol. The largest absolute Gasteiger partial charge is 0.421 e. The van der Waals surface area contributed by atoms with E-state index in [1.165, 1.54) is 10.6 Å². The Morgan fingerprint density at radius 2 is 1.94 bits per heavy atom. The Bertz CT molecular complexity index is 1220. The Kier molecular flexibility index (Phi) is 7.69. The molecular formula is C23H29F3N6O3S. The zero-order chi connectivity index (χ0) is 25.9. The Morgan fingerprint density at radius 3 is 2.64 bits per heavy atom. The minimum Gasteiger partial charge on any atom is -0.369 e. The van der Waals surface area contributed by atoms with Gasteiger partial charge in [0.15, 0.2) is 0 Å². The van der Waals surface area contributed by atoms with Crippen LogP contribution in [-0.4, -0.2) is 54.0 Å². The highest BCUT2D eigenvalue weighted by Gasteiger charge is 2.35.